The van der Waals surface area contributed by atoms with Gasteiger partial charge in [-0.2, -0.15) is 9.97 Å². The van der Waals surface area contributed by atoms with Crippen LogP contribution in [0.2, 0.25) is 5.02 Å². The Bertz CT molecular complexity index is 1370. The summed E-state index contributed by atoms with van der Waals surface area (Å²) in [7, 11) is -0.102. The van der Waals surface area contributed by atoms with Gasteiger partial charge < -0.3 is 14.2 Å². The number of aromatic nitrogens is 7. The maximum atomic E-state index is 14.4. The number of sulfone groups is 1. The second kappa shape index (κ2) is 10.0. The third-order valence-corrected chi connectivity index (χ3v) is 8.52. The van der Waals surface area contributed by atoms with E-state index in [-0.39, 0.29) is 39.9 Å². The van der Waals surface area contributed by atoms with Gasteiger partial charge in [0.05, 0.1) is 30.4 Å². The Morgan fingerprint density at radius 1 is 1.08 bits per heavy atom. The molecule has 1 saturated carbocycles. The molecule has 0 spiro atoms. The fourth-order valence-electron chi connectivity index (χ4n) is 4.06. The molecule has 0 N–H and O–H groups in total. The van der Waals surface area contributed by atoms with Crippen molar-refractivity contribution in [3.63, 3.8) is 0 Å². The topological polar surface area (TPSA) is 144 Å². The summed E-state index contributed by atoms with van der Waals surface area (Å²) in [5.74, 6) is -6.39. The monoisotopic (exact) mass is 559 g/mol. The van der Waals surface area contributed by atoms with E-state index in [9.17, 15) is 17.2 Å². The molecule has 3 aromatic rings. The summed E-state index contributed by atoms with van der Waals surface area (Å²) in [6.07, 6.45) is 2.76. The summed E-state index contributed by atoms with van der Waals surface area (Å²) in [4.78, 5) is 16.2. The van der Waals surface area contributed by atoms with E-state index in [0.29, 0.717) is 0 Å². The summed E-state index contributed by atoms with van der Waals surface area (Å²) in [5.41, 5.74) is 0.00424. The number of nitrogens with zero attached hydrogens (tertiary/aromatic N) is 7. The van der Waals surface area contributed by atoms with Crippen LogP contribution in [-0.4, -0.2) is 75.6 Å². The van der Waals surface area contributed by atoms with Crippen LogP contribution < -0.4 is 9.47 Å². The van der Waals surface area contributed by atoms with Crippen LogP contribution in [0.4, 0.5) is 8.78 Å². The molecule has 0 aliphatic heterocycles. The average Bonchev–Trinajstić information content (AvgIpc) is 3.15. The fraction of sp³-hybridized carbons (Fsp3) is 0.524. The SMILES string of the molecule is COc1ncnc(OC)c1-n1c(CS(=O)(=O)[C@@H](C)[C@H](OC)c2ncc(Cl)cn2)nnc1[C@@H]1[C@@H](C)C1(F)F. The minimum absolute atomic E-state index is 0.00424. The van der Waals surface area contributed by atoms with Crippen molar-refractivity contribution in [2.45, 2.75) is 42.8 Å². The molecule has 37 heavy (non-hydrogen) atoms. The van der Waals surface area contributed by atoms with Gasteiger partial charge in [-0.25, -0.2) is 27.2 Å². The molecule has 4 rings (SSSR count). The number of rotatable bonds is 10. The molecular formula is C21H24ClF2N7O5S. The highest BCUT2D eigenvalue weighted by Crippen LogP contribution is 2.61. The molecule has 0 bridgehead atoms. The third kappa shape index (κ3) is 4.82. The summed E-state index contributed by atoms with van der Waals surface area (Å²) in [5, 5.41) is 7.05. The van der Waals surface area contributed by atoms with Gasteiger partial charge in [0.1, 0.15) is 24.0 Å². The van der Waals surface area contributed by atoms with Crippen LogP contribution in [0.15, 0.2) is 18.7 Å². The van der Waals surface area contributed by atoms with Gasteiger partial charge in [-0.05, 0) is 6.92 Å². The van der Waals surface area contributed by atoms with Crippen molar-refractivity contribution in [2.75, 3.05) is 21.3 Å². The van der Waals surface area contributed by atoms with E-state index in [0.717, 1.165) is 6.33 Å². The van der Waals surface area contributed by atoms with Crippen molar-refractivity contribution in [2.24, 2.45) is 5.92 Å². The molecule has 1 aliphatic rings. The van der Waals surface area contributed by atoms with Crippen molar-refractivity contribution in [1.82, 2.24) is 34.7 Å². The quantitative estimate of drug-likeness (QED) is 0.361. The maximum Gasteiger partial charge on any atom is 0.261 e. The highest BCUT2D eigenvalue weighted by atomic mass is 35.5. The Hall–Kier alpha value is -3.04. The Morgan fingerprint density at radius 2 is 1.65 bits per heavy atom. The molecule has 16 heteroatoms. The molecule has 0 radical (unpaired) electrons. The first-order valence-corrected chi connectivity index (χ1v) is 13.0. The standard InChI is InChI=1S/C21H24ClF2N7O5S/c1-10-14(21(10,23)24)18-30-29-13(31(18)15-19(35-4)27-9-28-20(15)36-5)8-37(32,33)11(2)16(34-3)17-25-6-12(22)7-26-17/h6-7,9-11,14,16H,8H2,1-5H3/t10-,11+,14+,16+/m1/s1. The molecule has 1 aliphatic carbocycles. The number of halogens is 3. The van der Waals surface area contributed by atoms with Crippen molar-refractivity contribution in [3.05, 3.63) is 41.2 Å². The highest BCUT2D eigenvalue weighted by molar-refractivity contribution is 7.91. The van der Waals surface area contributed by atoms with Crippen LogP contribution in [-0.2, 0) is 20.3 Å². The Labute approximate surface area is 216 Å². The van der Waals surface area contributed by atoms with Crippen molar-refractivity contribution in [1.29, 1.82) is 0 Å². The first-order chi connectivity index (χ1) is 17.5. The van der Waals surface area contributed by atoms with Crippen LogP contribution in [0, 0.1) is 5.92 Å². The number of hydrogen-bond acceptors (Lipinski definition) is 11. The van der Waals surface area contributed by atoms with E-state index in [1.54, 1.807) is 0 Å². The van der Waals surface area contributed by atoms with Crippen molar-refractivity contribution in [3.8, 4) is 17.4 Å². The Morgan fingerprint density at radius 3 is 2.14 bits per heavy atom. The van der Waals surface area contributed by atoms with E-state index in [1.165, 1.54) is 52.1 Å². The van der Waals surface area contributed by atoms with Gasteiger partial charge in [0.2, 0.25) is 11.8 Å². The van der Waals surface area contributed by atoms with Gasteiger partial charge in [0.15, 0.2) is 27.2 Å². The average molecular weight is 560 g/mol. The number of alkyl halides is 2. The summed E-state index contributed by atoms with van der Waals surface area (Å²) >= 11 is 5.84. The van der Waals surface area contributed by atoms with Gasteiger partial charge in [0.25, 0.3) is 5.92 Å². The highest BCUT2D eigenvalue weighted by Gasteiger charge is 2.68. The van der Waals surface area contributed by atoms with E-state index in [2.05, 4.69) is 30.1 Å². The molecule has 3 heterocycles. The van der Waals surface area contributed by atoms with Gasteiger partial charge in [0, 0.05) is 25.4 Å². The largest absolute Gasteiger partial charge is 0.479 e. The summed E-state index contributed by atoms with van der Waals surface area (Å²) < 4.78 is 73.1. The zero-order valence-corrected chi connectivity index (χ0v) is 22.0. The summed E-state index contributed by atoms with van der Waals surface area (Å²) in [6, 6.07) is 0. The molecule has 1 fully saturated rings. The molecule has 12 nitrogen and oxygen atoms in total. The first kappa shape index (κ1) is 27.0. The lowest BCUT2D eigenvalue weighted by Crippen LogP contribution is -2.30. The number of hydrogen-bond donors (Lipinski definition) is 0. The van der Waals surface area contributed by atoms with Gasteiger partial charge in [-0.1, -0.05) is 18.5 Å². The van der Waals surface area contributed by atoms with Gasteiger partial charge in [-0.3, -0.25) is 4.57 Å². The van der Waals surface area contributed by atoms with Gasteiger partial charge in [-0.15, -0.1) is 10.2 Å². The zero-order valence-electron chi connectivity index (χ0n) is 20.5. The molecular weight excluding hydrogens is 536 g/mol. The number of methoxy groups -OCH3 is 3. The van der Waals surface area contributed by atoms with Crippen molar-refractivity contribution >= 4 is 21.4 Å². The lowest BCUT2D eigenvalue weighted by atomic mass is 10.2. The van der Waals surface area contributed by atoms with Crippen LogP contribution in [0.25, 0.3) is 5.69 Å². The molecule has 0 aromatic carbocycles. The van der Waals surface area contributed by atoms with Crippen LogP contribution >= 0.6 is 11.6 Å². The van der Waals surface area contributed by atoms with Crippen LogP contribution in [0.1, 0.15) is 43.3 Å². The molecule has 0 amide bonds. The zero-order chi connectivity index (χ0) is 27.1. The predicted octanol–water partition coefficient (Wildman–Crippen LogP) is 2.58. The van der Waals surface area contributed by atoms with E-state index in [1.807, 2.05) is 0 Å². The smallest absolute Gasteiger partial charge is 0.261 e. The minimum Gasteiger partial charge on any atom is -0.479 e. The number of ether oxygens (including phenoxy) is 3. The molecule has 200 valence electrons. The predicted molar refractivity (Wildman–Crippen MR) is 126 cm³/mol. The Balaban J connectivity index is 1.80. The molecule has 0 saturated heterocycles. The maximum absolute atomic E-state index is 14.4. The lowest BCUT2D eigenvalue weighted by Gasteiger charge is -2.22. The second-order valence-corrected chi connectivity index (χ2v) is 11.2. The normalized spacial score (nSPS) is 20.3. The third-order valence-electron chi connectivity index (χ3n) is 6.28. The van der Waals surface area contributed by atoms with Gasteiger partial charge >= 0.3 is 0 Å². The molecule has 0 unspecified atom stereocenters. The summed E-state index contributed by atoms with van der Waals surface area (Å²) in [6.45, 7) is 2.79. The van der Waals surface area contributed by atoms with Crippen LogP contribution in [0.3, 0.4) is 0 Å². The second-order valence-electron chi connectivity index (χ2n) is 8.42. The fourth-order valence-corrected chi connectivity index (χ4v) is 5.57. The van der Waals surface area contributed by atoms with Crippen molar-refractivity contribution < 1.29 is 31.4 Å². The molecule has 3 aromatic heterocycles. The molecule has 4 atom stereocenters. The minimum atomic E-state index is -4.06. The van der Waals surface area contributed by atoms with E-state index < -0.39 is 44.7 Å². The first-order valence-electron chi connectivity index (χ1n) is 10.9. The van der Waals surface area contributed by atoms with E-state index in [4.69, 9.17) is 25.8 Å². The van der Waals surface area contributed by atoms with Crippen LogP contribution in [0.5, 0.6) is 11.8 Å². The Kier molecular flexibility index (Phi) is 7.32. The lowest BCUT2D eigenvalue weighted by molar-refractivity contribution is 0.0948. The van der Waals surface area contributed by atoms with E-state index >= 15 is 0 Å².